The van der Waals surface area contributed by atoms with Crippen LogP contribution in [-0.4, -0.2) is 61.1 Å². The summed E-state index contributed by atoms with van der Waals surface area (Å²) >= 11 is 0. The van der Waals surface area contributed by atoms with Crippen molar-refractivity contribution in [3.05, 3.63) is 53.7 Å². The molecule has 2 aliphatic heterocycles. The van der Waals surface area contributed by atoms with Crippen molar-refractivity contribution in [2.75, 3.05) is 40.4 Å². The van der Waals surface area contributed by atoms with Crippen LogP contribution in [0.5, 0.6) is 11.6 Å². The first kappa shape index (κ1) is 19.7. The molecule has 0 atom stereocenters. The normalized spacial score (nSPS) is 18.3. The van der Waals surface area contributed by atoms with Crippen molar-refractivity contribution in [2.45, 2.75) is 25.8 Å². The van der Waals surface area contributed by atoms with Gasteiger partial charge in [-0.2, -0.15) is 0 Å². The maximum atomic E-state index is 13.4. The highest BCUT2D eigenvalue weighted by molar-refractivity contribution is 5.85. The fraction of sp³-hybridized carbons (Fsp3) is 0.478. The topological polar surface area (TPSA) is 54.9 Å². The largest absolute Gasteiger partial charge is 0.497 e. The van der Waals surface area contributed by atoms with Crippen molar-refractivity contribution in [3.8, 4) is 11.6 Å². The molecule has 0 saturated carbocycles. The molecule has 2 aromatic rings. The second-order valence-electron chi connectivity index (χ2n) is 8.16. The van der Waals surface area contributed by atoms with Gasteiger partial charge in [0.2, 0.25) is 11.8 Å². The molecule has 1 aromatic heterocycles. The van der Waals surface area contributed by atoms with Crippen LogP contribution in [0.3, 0.4) is 0 Å². The van der Waals surface area contributed by atoms with E-state index in [0.29, 0.717) is 11.8 Å². The van der Waals surface area contributed by atoms with Crippen molar-refractivity contribution in [3.63, 3.8) is 0 Å². The highest BCUT2D eigenvalue weighted by Gasteiger charge is 2.50. The van der Waals surface area contributed by atoms with Crippen LogP contribution in [0.2, 0.25) is 0 Å². The minimum Gasteiger partial charge on any atom is -0.497 e. The van der Waals surface area contributed by atoms with Gasteiger partial charge < -0.3 is 14.4 Å². The first-order valence-corrected chi connectivity index (χ1v) is 10.3. The maximum absolute atomic E-state index is 13.4. The Morgan fingerprint density at radius 2 is 1.86 bits per heavy atom. The number of amides is 1. The summed E-state index contributed by atoms with van der Waals surface area (Å²) in [4.78, 5) is 22.1. The van der Waals surface area contributed by atoms with Gasteiger partial charge in [0.05, 0.1) is 19.6 Å². The third kappa shape index (κ3) is 4.22. The van der Waals surface area contributed by atoms with E-state index in [1.165, 1.54) is 0 Å². The standard InChI is InChI=1S/C23H29N3O3/c1-28-20-7-5-6-18(12-20)13-23(22(27)26-10-3-4-11-26)16-25(17-23)15-19-8-9-21(29-2)24-14-19/h5-9,12,14H,3-4,10-11,13,15-17H2,1-2H3. The van der Waals surface area contributed by atoms with Crippen molar-refractivity contribution in [1.82, 2.24) is 14.8 Å². The van der Waals surface area contributed by atoms with Crippen LogP contribution < -0.4 is 9.47 Å². The van der Waals surface area contributed by atoms with Gasteiger partial charge in [-0.25, -0.2) is 4.98 Å². The molecule has 0 spiro atoms. The molecule has 1 aromatic carbocycles. The Hall–Kier alpha value is -2.60. The van der Waals surface area contributed by atoms with E-state index in [2.05, 4.69) is 26.9 Å². The molecule has 4 rings (SSSR count). The molecule has 2 saturated heterocycles. The second-order valence-corrected chi connectivity index (χ2v) is 8.16. The van der Waals surface area contributed by atoms with Crippen LogP contribution in [0, 0.1) is 5.41 Å². The predicted molar refractivity (Wildman–Crippen MR) is 111 cm³/mol. The van der Waals surface area contributed by atoms with E-state index >= 15 is 0 Å². The van der Waals surface area contributed by atoms with E-state index in [0.717, 1.165) is 68.9 Å². The molecule has 154 valence electrons. The number of carbonyl (C=O) groups is 1. The molecule has 0 bridgehead atoms. The van der Waals surface area contributed by atoms with E-state index in [-0.39, 0.29) is 5.41 Å². The lowest BCUT2D eigenvalue weighted by atomic mass is 9.73. The molecular formula is C23H29N3O3. The number of nitrogens with zero attached hydrogens (tertiary/aromatic N) is 3. The summed E-state index contributed by atoms with van der Waals surface area (Å²) in [6, 6.07) is 12.0. The zero-order valence-corrected chi connectivity index (χ0v) is 17.3. The maximum Gasteiger partial charge on any atom is 0.231 e. The Bertz CT molecular complexity index is 841. The molecule has 0 N–H and O–H groups in total. The summed E-state index contributed by atoms with van der Waals surface area (Å²) in [6.07, 6.45) is 4.82. The molecule has 6 nitrogen and oxygen atoms in total. The van der Waals surface area contributed by atoms with E-state index < -0.39 is 0 Å². The van der Waals surface area contributed by atoms with Crippen molar-refractivity contribution >= 4 is 5.91 Å². The summed E-state index contributed by atoms with van der Waals surface area (Å²) < 4.78 is 10.5. The average molecular weight is 396 g/mol. The van der Waals surface area contributed by atoms with Crippen LogP contribution in [-0.2, 0) is 17.8 Å². The van der Waals surface area contributed by atoms with E-state index in [4.69, 9.17) is 9.47 Å². The second kappa shape index (κ2) is 8.41. The zero-order chi connectivity index (χ0) is 20.3. The van der Waals surface area contributed by atoms with Gasteiger partial charge >= 0.3 is 0 Å². The van der Waals surface area contributed by atoms with Gasteiger partial charge in [0.1, 0.15) is 5.75 Å². The Labute approximate surface area is 172 Å². The number of benzene rings is 1. The minimum absolute atomic E-state index is 0.307. The molecule has 3 heterocycles. The zero-order valence-electron chi connectivity index (χ0n) is 17.3. The number of methoxy groups -OCH3 is 2. The molecule has 0 unspecified atom stereocenters. The van der Waals surface area contributed by atoms with E-state index in [9.17, 15) is 4.79 Å². The number of aromatic nitrogens is 1. The number of likely N-dealkylation sites (tertiary alicyclic amines) is 2. The molecule has 0 radical (unpaired) electrons. The summed E-state index contributed by atoms with van der Waals surface area (Å²) in [5.74, 6) is 1.77. The fourth-order valence-electron chi connectivity index (χ4n) is 4.56. The number of carbonyl (C=O) groups excluding carboxylic acids is 1. The van der Waals surface area contributed by atoms with Crippen molar-refractivity contribution < 1.29 is 14.3 Å². The van der Waals surface area contributed by atoms with Gasteiger partial charge in [-0.05, 0) is 42.5 Å². The lowest BCUT2D eigenvalue weighted by Gasteiger charge is -2.50. The van der Waals surface area contributed by atoms with Gasteiger partial charge in [0.15, 0.2) is 0 Å². The SMILES string of the molecule is COc1cccc(CC2(C(=O)N3CCCC3)CN(Cc3ccc(OC)nc3)C2)c1. The fourth-order valence-corrected chi connectivity index (χ4v) is 4.56. The number of ether oxygens (including phenoxy) is 2. The average Bonchev–Trinajstić information content (AvgIpc) is 3.27. The minimum atomic E-state index is -0.351. The first-order chi connectivity index (χ1) is 14.1. The van der Waals surface area contributed by atoms with Gasteiger partial charge in [-0.1, -0.05) is 18.2 Å². The number of hydrogen-bond acceptors (Lipinski definition) is 5. The summed E-state index contributed by atoms with van der Waals surface area (Å²) in [5, 5.41) is 0. The molecule has 0 aliphatic carbocycles. The van der Waals surface area contributed by atoms with Gasteiger partial charge in [-0.3, -0.25) is 9.69 Å². The monoisotopic (exact) mass is 395 g/mol. The quantitative estimate of drug-likeness (QED) is 0.722. The summed E-state index contributed by atoms with van der Waals surface area (Å²) in [5.41, 5.74) is 1.94. The summed E-state index contributed by atoms with van der Waals surface area (Å²) in [7, 11) is 3.30. The first-order valence-electron chi connectivity index (χ1n) is 10.3. The molecule has 29 heavy (non-hydrogen) atoms. The third-order valence-electron chi connectivity index (χ3n) is 5.99. The van der Waals surface area contributed by atoms with E-state index in [1.54, 1.807) is 14.2 Å². The van der Waals surface area contributed by atoms with E-state index in [1.807, 2.05) is 30.5 Å². The van der Waals surface area contributed by atoms with Gasteiger partial charge in [0.25, 0.3) is 0 Å². The predicted octanol–water partition coefficient (Wildman–Crippen LogP) is 2.77. The Morgan fingerprint density at radius 1 is 1.07 bits per heavy atom. The molecule has 2 fully saturated rings. The highest BCUT2D eigenvalue weighted by atomic mass is 16.5. The third-order valence-corrected chi connectivity index (χ3v) is 5.99. The Morgan fingerprint density at radius 3 is 2.52 bits per heavy atom. The van der Waals surface area contributed by atoms with Crippen LogP contribution >= 0.6 is 0 Å². The summed E-state index contributed by atoms with van der Waals surface area (Å²) in [6.45, 7) is 4.11. The Kier molecular flexibility index (Phi) is 5.72. The van der Waals surface area contributed by atoms with Crippen LogP contribution in [0.4, 0.5) is 0 Å². The highest BCUT2D eigenvalue weighted by Crippen LogP contribution is 2.38. The lowest BCUT2D eigenvalue weighted by Crippen LogP contribution is -2.64. The molecular weight excluding hydrogens is 366 g/mol. The number of hydrogen-bond donors (Lipinski definition) is 0. The van der Waals surface area contributed by atoms with Crippen molar-refractivity contribution in [1.29, 1.82) is 0 Å². The van der Waals surface area contributed by atoms with Gasteiger partial charge in [-0.15, -0.1) is 0 Å². The Balaban J connectivity index is 1.48. The van der Waals surface area contributed by atoms with Gasteiger partial charge in [0, 0.05) is 45.0 Å². The molecule has 6 heteroatoms. The molecule has 2 aliphatic rings. The smallest absolute Gasteiger partial charge is 0.231 e. The number of rotatable bonds is 7. The van der Waals surface area contributed by atoms with Crippen LogP contribution in [0.25, 0.3) is 0 Å². The lowest BCUT2D eigenvalue weighted by molar-refractivity contribution is -0.153. The number of pyridine rings is 1. The van der Waals surface area contributed by atoms with Crippen molar-refractivity contribution in [2.24, 2.45) is 5.41 Å². The molecule has 1 amide bonds. The van der Waals surface area contributed by atoms with Crippen LogP contribution in [0.15, 0.2) is 42.6 Å². The van der Waals surface area contributed by atoms with Crippen LogP contribution in [0.1, 0.15) is 24.0 Å².